The number of carboxylic acids is 1. The number of ether oxygens (including phenoxy) is 1. The summed E-state index contributed by atoms with van der Waals surface area (Å²) in [6.07, 6.45) is 1.78. The van der Waals surface area contributed by atoms with Gasteiger partial charge in [-0.15, -0.1) is 0 Å². The number of carbonyl (C=O) groups excluding carboxylic acids is 1. The fourth-order valence-corrected chi connectivity index (χ4v) is 4.84. The summed E-state index contributed by atoms with van der Waals surface area (Å²) in [5.74, 6) is -4.30. The zero-order valence-electron chi connectivity index (χ0n) is 23.7. The quantitative estimate of drug-likeness (QED) is 0.352. The molecule has 11 heteroatoms. The number of hydrogen-bond donors (Lipinski definition) is 3. The van der Waals surface area contributed by atoms with Gasteiger partial charge in [-0.2, -0.15) is 0 Å². The predicted molar refractivity (Wildman–Crippen MR) is 151 cm³/mol. The lowest BCUT2D eigenvalue weighted by Crippen LogP contribution is -2.43. The Hall–Kier alpha value is -4.28. The Morgan fingerprint density at radius 3 is 2.51 bits per heavy atom. The second kappa shape index (κ2) is 12.1. The van der Waals surface area contributed by atoms with Gasteiger partial charge in [-0.05, 0) is 69.4 Å². The highest BCUT2D eigenvalue weighted by atomic mass is 19.1. The van der Waals surface area contributed by atoms with Crippen LogP contribution in [0, 0.1) is 25.5 Å². The Kier molecular flexibility index (Phi) is 8.74. The van der Waals surface area contributed by atoms with Gasteiger partial charge < -0.3 is 25.0 Å². The molecule has 3 N–H and O–H groups in total. The van der Waals surface area contributed by atoms with Crippen LogP contribution in [-0.4, -0.2) is 45.2 Å². The normalized spacial score (nSPS) is 14.0. The minimum atomic E-state index is -1.48. The summed E-state index contributed by atoms with van der Waals surface area (Å²) in [5, 5.41) is 15.1. The second-order valence-electron chi connectivity index (χ2n) is 10.4. The maximum absolute atomic E-state index is 14.8. The Morgan fingerprint density at radius 2 is 1.88 bits per heavy atom. The number of aliphatic carboxylic acids is 1. The maximum Gasteiger partial charge on any atom is 0.326 e. The molecule has 0 bridgehead atoms. The van der Waals surface area contributed by atoms with Crippen LogP contribution in [0.3, 0.4) is 0 Å². The van der Waals surface area contributed by atoms with Crippen LogP contribution < -0.4 is 20.9 Å². The summed E-state index contributed by atoms with van der Waals surface area (Å²) in [7, 11) is 1.67. The van der Waals surface area contributed by atoms with Crippen LogP contribution in [0.15, 0.2) is 29.1 Å². The van der Waals surface area contributed by atoms with Crippen LogP contribution in [0.1, 0.15) is 59.6 Å². The Labute approximate surface area is 236 Å². The van der Waals surface area contributed by atoms with Crippen LogP contribution in [0.4, 0.5) is 14.5 Å². The molecule has 41 heavy (non-hydrogen) atoms. The van der Waals surface area contributed by atoms with E-state index in [0.717, 1.165) is 24.2 Å². The number of rotatable bonds is 9. The number of aryl methyl sites for hydroxylation is 1. The summed E-state index contributed by atoms with van der Waals surface area (Å²) in [6.45, 7) is 7.78. The van der Waals surface area contributed by atoms with Crippen LogP contribution in [0.2, 0.25) is 0 Å². The van der Waals surface area contributed by atoms with E-state index in [2.05, 4.69) is 15.6 Å². The van der Waals surface area contributed by atoms with Crippen molar-refractivity contribution in [2.24, 2.45) is 7.05 Å². The third-order valence-corrected chi connectivity index (χ3v) is 7.57. The van der Waals surface area contributed by atoms with Crippen molar-refractivity contribution in [1.29, 1.82) is 0 Å². The topological polar surface area (TPSA) is 123 Å². The van der Waals surface area contributed by atoms with Crippen LogP contribution in [0.25, 0.3) is 11.3 Å². The molecule has 2 atom stereocenters. The first-order valence-corrected chi connectivity index (χ1v) is 13.5. The molecule has 0 aliphatic carbocycles. The Bertz CT molecular complexity index is 1550. The van der Waals surface area contributed by atoms with E-state index < -0.39 is 35.1 Å². The van der Waals surface area contributed by atoms with Gasteiger partial charge >= 0.3 is 5.97 Å². The second-order valence-corrected chi connectivity index (χ2v) is 10.4. The number of carboxylic acid groups (broad SMARTS) is 1. The molecular formula is C30H34F2N4O5. The lowest BCUT2D eigenvalue weighted by Gasteiger charge is -2.25. The molecule has 218 valence electrons. The van der Waals surface area contributed by atoms with Gasteiger partial charge in [0.15, 0.2) is 0 Å². The molecule has 9 nitrogen and oxygen atoms in total. The van der Waals surface area contributed by atoms with E-state index in [1.807, 2.05) is 20.8 Å². The number of anilines is 1. The van der Waals surface area contributed by atoms with E-state index in [0.29, 0.717) is 47.6 Å². The molecule has 1 aromatic heterocycles. The van der Waals surface area contributed by atoms with Crippen molar-refractivity contribution in [3.63, 3.8) is 0 Å². The predicted octanol–water partition coefficient (Wildman–Crippen LogP) is 4.30. The van der Waals surface area contributed by atoms with Gasteiger partial charge in [-0.25, -0.2) is 18.6 Å². The monoisotopic (exact) mass is 568 g/mol. The number of nitrogens with one attached hydrogen (secondary N) is 2. The number of benzene rings is 2. The SMILES string of the molecule is CC[C@H](C)Nc1cc(F)c(C(=O)N[C@@H](Cc2ccc(-c3nc(C)c(C)n(C)c3=O)c3c2CCCO3)C(=O)O)c(F)c1. The summed E-state index contributed by atoms with van der Waals surface area (Å²) in [5.41, 5.74) is 2.46. The smallest absolute Gasteiger partial charge is 0.326 e. The zero-order valence-corrected chi connectivity index (χ0v) is 23.7. The molecular weight excluding hydrogens is 534 g/mol. The van der Waals surface area contributed by atoms with E-state index >= 15 is 0 Å². The number of halogens is 2. The van der Waals surface area contributed by atoms with Gasteiger partial charge in [-0.1, -0.05) is 13.0 Å². The van der Waals surface area contributed by atoms with Gasteiger partial charge in [0.1, 0.15) is 34.7 Å². The molecule has 0 unspecified atom stereocenters. The summed E-state index contributed by atoms with van der Waals surface area (Å²) >= 11 is 0. The summed E-state index contributed by atoms with van der Waals surface area (Å²) in [6, 6.07) is 3.83. The summed E-state index contributed by atoms with van der Waals surface area (Å²) in [4.78, 5) is 42.6. The van der Waals surface area contributed by atoms with Crippen molar-refractivity contribution in [3.8, 4) is 17.0 Å². The molecule has 0 radical (unpaired) electrons. The third kappa shape index (κ3) is 6.08. The number of carbonyl (C=O) groups is 2. The Morgan fingerprint density at radius 1 is 1.20 bits per heavy atom. The van der Waals surface area contributed by atoms with Crippen molar-refractivity contribution in [3.05, 3.63) is 74.3 Å². The van der Waals surface area contributed by atoms with E-state index in [9.17, 15) is 28.3 Å². The van der Waals surface area contributed by atoms with Crippen molar-refractivity contribution < 1.29 is 28.2 Å². The van der Waals surface area contributed by atoms with Crippen molar-refractivity contribution >= 4 is 17.6 Å². The van der Waals surface area contributed by atoms with Gasteiger partial charge in [0.05, 0.1) is 12.3 Å². The molecule has 1 aliphatic heterocycles. The highest BCUT2D eigenvalue weighted by molar-refractivity contribution is 5.97. The molecule has 1 amide bonds. The van der Waals surface area contributed by atoms with Gasteiger partial charge in [0.2, 0.25) is 0 Å². The van der Waals surface area contributed by atoms with E-state index in [4.69, 9.17) is 4.74 Å². The molecule has 0 fully saturated rings. The van der Waals surface area contributed by atoms with Crippen molar-refractivity contribution in [1.82, 2.24) is 14.9 Å². The Balaban J connectivity index is 1.65. The fraction of sp³-hybridized carbons (Fsp3) is 0.400. The third-order valence-electron chi connectivity index (χ3n) is 7.57. The lowest BCUT2D eigenvalue weighted by molar-refractivity contribution is -0.139. The van der Waals surface area contributed by atoms with Gasteiger partial charge in [-0.3, -0.25) is 9.59 Å². The number of fused-ring (bicyclic) bond motifs is 1. The highest BCUT2D eigenvalue weighted by Gasteiger charge is 2.29. The standard InChI is InChI=1S/C30H34F2N4O5/c1-6-15(2)33-19-13-22(31)25(23(32)14-19)28(37)35-24(30(39)40)12-18-9-10-21(27-20(18)8-7-11-41-27)26-29(38)36(5)17(4)16(3)34-26/h9-10,13-15,24,33H,6-8,11-12H2,1-5H3,(H,35,37)(H,39,40)/t15-,24-/m0/s1. The largest absolute Gasteiger partial charge is 0.493 e. The van der Waals surface area contributed by atoms with Gasteiger partial charge in [0, 0.05) is 36.5 Å². The van der Waals surface area contributed by atoms with Crippen molar-refractivity contribution in [2.75, 3.05) is 11.9 Å². The van der Waals surface area contributed by atoms with Crippen LogP contribution >= 0.6 is 0 Å². The number of amides is 1. The molecule has 2 heterocycles. The lowest BCUT2D eigenvalue weighted by atomic mass is 9.91. The maximum atomic E-state index is 14.8. The van der Waals surface area contributed by atoms with Crippen molar-refractivity contribution in [2.45, 2.75) is 65.5 Å². The van der Waals surface area contributed by atoms with Gasteiger partial charge in [0.25, 0.3) is 11.5 Å². The highest BCUT2D eigenvalue weighted by Crippen LogP contribution is 2.37. The number of nitrogens with zero attached hydrogens (tertiary/aromatic N) is 2. The van der Waals surface area contributed by atoms with Crippen LogP contribution in [-0.2, 0) is 24.7 Å². The molecule has 0 saturated carbocycles. The molecule has 0 spiro atoms. The first kappa shape index (κ1) is 29.7. The van der Waals surface area contributed by atoms with E-state index in [-0.39, 0.29) is 29.4 Å². The van der Waals surface area contributed by atoms with E-state index in [1.54, 1.807) is 26.1 Å². The number of aromatic nitrogens is 2. The average molecular weight is 569 g/mol. The first-order valence-electron chi connectivity index (χ1n) is 13.5. The first-order chi connectivity index (χ1) is 19.4. The fourth-order valence-electron chi connectivity index (χ4n) is 4.84. The zero-order chi connectivity index (χ0) is 30.0. The summed E-state index contributed by atoms with van der Waals surface area (Å²) < 4.78 is 37.1. The molecule has 1 aliphatic rings. The molecule has 2 aromatic carbocycles. The average Bonchev–Trinajstić information content (AvgIpc) is 2.93. The van der Waals surface area contributed by atoms with Crippen LogP contribution in [0.5, 0.6) is 5.75 Å². The minimum Gasteiger partial charge on any atom is -0.493 e. The molecule has 4 rings (SSSR count). The minimum absolute atomic E-state index is 0.0417. The number of hydrogen-bond acceptors (Lipinski definition) is 6. The molecule has 3 aromatic rings. The van der Waals surface area contributed by atoms with E-state index in [1.165, 1.54) is 4.57 Å². The molecule has 0 saturated heterocycles.